The van der Waals surface area contributed by atoms with Gasteiger partial charge >= 0.3 is 0 Å². The minimum Gasteiger partial charge on any atom is -0.289 e. The van der Waals surface area contributed by atoms with E-state index in [4.69, 9.17) is 15.0 Å². The van der Waals surface area contributed by atoms with E-state index < -0.39 is 0 Å². The minimum absolute atomic E-state index is 0.0876. The summed E-state index contributed by atoms with van der Waals surface area (Å²) in [5.74, 6) is 1.97. The van der Waals surface area contributed by atoms with Crippen LogP contribution in [0.1, 0.15) is 40.9 Å². The number of hydrogen-bond donors (Lipinski definition) is 0. The Morgan fingerprint density at radius 2 is 0.830 bits per heavy atom. The molecule has 0 radical (unpaired) electrons. The number of benzene rings is 6. The van der Waals surface area contributed by atoms with Gasteiger partial charge in [0, 0.05) is 33.2 Å². The summed E-state index contributed by atoms with van der Waals surface area (Å²) in [6.45, 7) is 4.41. The van der Waals surface area contributed by atoms with Crippen molar-refractivity contribution < 1.29 is 4.79 Å². The van der Waals surface area contributed by atoms with Crippen LogP contribution in [0.25, 0.3) is 56.4 Å². The molecule has 0 aliphatic heterocycles. The molecule has 0 atom stereocenters. The van der Waals surface area contributed by atoms with E-state index in [1.807, 2.05) is 84.9 Å². The highest BCUT2D eigenvalue weighted by molar-refractivity contribution is 6.13. The Hall–Kier alpha value is -6.00. The molecule has 1 aliphatic carbocycles. The van der Waals surface area contributed by atoms with E-state index in [1.54, 1.807) is 0 Å². The molecular formula is C43H31N3O. The molecule has 4 heteroatoms. The quantitative estimate of drug-likeness (QED) is 0.196. The standard InChI is InChI=1S/C43H31N3O/c1-43(2)37-23-12-11-22-35(37)39(47)36-25-24-31(27-38(36)43)34-21-10-9-20-33(34)30-18-13-19-32(26-30)42-45-40(28-14-5-3-6-15-28)44-41(46-42)29-16-7-4-8-17-29/h3-27H,1-2H3. The smallest absolute Gasteiger partial charge is 0.193 e. The van der Waals surface area contributed by atoms with Crippen molar-refractivity contribution in [2.75, 3.05) is 0 Å². The largest absolute Gasteiger partial charge is 0.289 e. The van der Waals surface area contributed by atoms with Gasteiger partial charge in [0.15, 0.2) is 23.3 Å². The van der Waals surface area contributed by atoms with Gasteiger partial charge in [0.2, 0.25) is 0 Å². The highest BCUT2D eigenvalue weighted by Gasteiger charge is 2.36. The third-order valence-electron chi connectivity index (χ3n) is 9.15. The molecule has 0 saturated carbocycles. The van der Waals surface area contributed by atoms with Gasteiger partial charge in [-0.1, -0.05) is 153 Å². The maximum absolute atomic E-state index is 13.5. The third-order valence-corrected chi connectivity index (χ3v) is 9.15. The Bertz CT molecular complexity index is 2230. The fourth-order valence-electron chi connectivity index (χ4n) is 6.69. The molecular weight excluding hydrogens is 574 g/mol. The molecule has 1 heterocycles. The summed E-state index contributed by atoms with van der Waals surface area (Å²) in [6, 6.07) is 51.1. The Balaban J connectivity index is 1.23. The second-order valence-electron chi connectivity index (χ2n) is 12.4. The van der Waals surface area contributed by atoms with Crippen LogP contribution in [0.15, 0.2) is 152 Å². The molecule has 0 fully saturated rings. The van der Waals surface area contributed by atoms with Gasteiger partial charge in [-0.05, 0) is 45.5 Å². The van der Waals surface area contributed by atoms with Crippen LogP contribution in [-0.2, 0) is 5.41 Å². The summed E-state index contributed by atoms with van der Waals surface area (Å²) in [5.41, 5.74) is 10.5. The normalized spacial score (nSPS) is 13.1. The summed E-state index contributed by atoms with van der Waals surface area (Å²) in [6.07, 6.45) is 0. The van der Waals surface area contributed by atoms with Crippen molar-refractivity contribution >= 4 is 5.78 Å². The number of nitrogens with zero attached hydrogens (tertiary/aromatic N) is 3. The number of hydrogen-bond acceptors (Lipinski definition) is 4. The van der Waals surface area contributed by atoms with Crippen molar-refractivity contribution in [1.29, 1.82) is 0 Å². The molecule has 0 N–H and O–H groups in total. The van der Waals surface area contributed by atoms with Crippen molar-refractivity contribution in [2.24, 2.45) is 0 Å². The van der Waals surface area contributed by atoms with Crippen LogP contribution in [0.3, 0.4) is 0 Å². The number of aromatic nitrogens is 3. The highest BCUT2D eigenvalue weighted by atomic mass is 16.1. The molecule has 7 aromatic rings. The van der Waals surface area contributed by atoms with Gasteiger partial charge in [-0.3, -0.25) is 4.79 Å². The average molecular weight is 606 g/mol. The molecule has 47 heavy (non-hydrogen) atoms. The molecule has 0 unspecified atom stereocenters. The molecule has 1 aliphatic rings. The predicted octanol–water partition coefficient (Wildman–Crippen LogP) is 10.1. The summed E-state index contributed by atoms with van der Waals surface area (Å²) >= 11 is 0. The molecule has 0 spiro atoms. The van der Waals surface area contributed by atoms with Crippen LogP contribution >= 0.6 is 0 Å². The fraction of sp³-hybridized carbons (Fsp3) is 0.0698. The van der Waals surface area contributed by atoms with Crippen LogP contribution in [0.4, 0.5) is 0 Å². The van der Waals surface area contributed by atoms with Crippen molar-refractivity contribution in [3.8, 4) is 56.4 Å². The topological polar surface area (TPSA) is 55.7 Å². The lowest BCUT2D eigenvalue weighted by atomic mass is 9.68. The lowest BCUT2D eigenvalue weighted by molar-refractivity contribution is 0.103. The van der Waals surface area contributed by atoms with Gasteiger partial charge in [0.1, 0.15) is 0 Å². The van der Waals surface area contributed by atoms with Crippen LogP contribution in [-0.4, -0.2) is 20.7 Å². The zero-order valence-corrected chi connectivity index (χ0v) is 26.2. The Kier molecular flexibility index (Phi) is 6.92. The Labute approximate surface area is 274 Å². The van der Waals surface area contributed by atoms with Crippen LogP contribution in [0, 0.1) is 0 Å². The maximum atomic E-state index is 13.5. The van der Waals surface area contributed by atoms with Gasteiger partial charge in [0.25, 0.3) is 0 Å². The second kappa shape index (κ2) is 11.4. The SMILES string of the molecule is CC1(C)c2ccccc2C(=O)c2ccc(-c3ccccc3-c3cccc(-c4nc(-c5ccccc5)nc(-c5ccccc5)n4)c3)cc21. The molecule has 4 nitrogen and oxygen atoms in total. The first-order valence-electron chi connectivity index (χ1n) is 15.8. The molecule has 8 rings (SSSR count). The Morgan fingerprint density at radius 1 is 0.383 bits per heavy atom. The van der Waals surface area contributed by atoms with Gasteiger partial charge in [-0.2, -0.15) is 0 Å². The van der Waals surface area contributed by atoms with Crippen molar-refractivity contribution in [3.05, 3.63) is 174 Å². The van der Waals surface area contributed by atoms with Crippen LogP contribution in [0.5, 0.6) is 0 Å². The minimum atomic E-state index is -0.309. The number of carbonyl (C=O) groups is 1. The maximum Gasteiger partial charge on any atom is 0.193 e. The summed E-state index contributed by atoms with van der Waals surface area (Å²) in [5, 5.41) is 0. The first kappa shape index (κ1) is 28.5. The summed E-state index contributed by atoms with van der Waals surface area (Å²) < 4.78 is 0. The lowest BCUT2D eigenvalue weighted by Crippen LogP contribution is -2.30. The first-order valence-corrected chi connectivity index (χ1v) is 15.8. The molecule has 1 aromatic heterocycles. The van der Waals surface area contributed by atoms with E-state index in [9.17, 15) is 4.79 Å². The van der Waals surface area contributed by atoms with E-state index in [0.717, 1.165) is 61.2 Å². The molecule has 6 aromatic carbocycles. The fourth-order valence-corrected chi connectivity index (χ4v) is 6.69. The first-order chi connectivity index (χ1) is 23.0. The van der Waals surface area contributed by atoms with Crippen molar-refractivity contribution in [3.63, 3.8) is 0 Å². The zero-order valence-electron chi connectivity index (χ0n) is 26.2. The summed E-state index contributed by atoms with van der Waals surface area (Å²) in [4.78, 5) is 28.3. The predicted molar refractivity (Wildman–Crippen MR) is 189 cm³/mol. The molecule has 0 saturated heterocycles. The van der Waals surface area contributed by atoms with Crippen molar-refractivity contribution in [2.45, 2.75) is 19.3 Å². The number of rotatable bonds is 5. The average Bonchev–Trinajstić information content (AvgIpc) is 3.14. The zero-order chi connectivity index (χ0) is 32.0. The van der Waals surface area contributed by atoms with Crippen LogP contribution in [0.2, 0.25) is 0 Å². The van der Waals surface area contributed by atoms with E-state index in [0.29, 0.717) is 17.5 Å². The van der Waals surface area contributed by atoms with E-state index in [2.05, 4.69) is 80.6 Å². The van der Waals surface area contributed by atoms with Gasteiger partial charge in [-0.15, -0.1) is 0 Å². The Morgan fingerprint density at radius 3 is 1.45 bits per heavy atom. The lowest BCUT2D eigenvalue weighted by Gasteiger charge is -2.34. The number of fused-ring (bicyclic) bond motifs is 2. The van der Waals surface area contributed by atoms with Gasteiger partial charge in [0.05, 0.1) is 0 Å². The second-order valence-corrected chi connectivity index (χ2v) is 12.4. The number of carbonyl (C=O) groups excluding carboxylic acids is 1. The summed E-state index contributed by atoms with van der Waals surface area (Å²) in [7, 11) is 0. The number of ketones is 1. The molecule has 0 amide bonds. The molecule has 0 bridgehead atoms. The van der Waals surface area contributed by atoms with Crippen molar-refractivity contribution in [1.82, 2.24) is 15.0 Å². The van der Waals surface area contributed by atoms with Crippen LogP contribution < -0.4 is 0 Å². The monoisotopic (exact) mass is 605 g/mol. The van der Waals surface area contributed by atoms with E-state index in [-0.39, 0.29) is 11.2 Å². The van der Waals surface area contributed by atoms with E-state index >= 15 is 0 Å². The molecule has 224 valence electrons. The highest BCUT2D eigenvalue weighted by Crippen LogP contribution is 2.44. The van der Waals surface area contributed by atoms with E-state index in [1.165, 1.54) is 0 Å². The van der Waals surface area contributed by atoms with Gasteiger partial charge < -0.3 is 0 Å². The van der Waals surface area contributed by atoms with Gasteiger partial charge in [-0.25, -0.2) is 15.0 Å². The third kappa shape index (κ3) is 5.04.